The average Bonchev–Trinajstić information content (AvgIpc) is 3.29. The minimum Gasteiger partial charge on any atom is -0.368 e. The SMILES string of the molecule is CC(C)n1ncc2c(N3CCC[C@@H](N)C3)c(NC(=O)c3ccc(=O)n(-c4c(F)cccc4F)n3)ccc21. The molecule has 0 unspecified atom stereocenters. The monoisotopic (exact) mass is 507 g/mol. The van der Waals surface area contributed by atoms with Gasteiger partial charge in [-0.3, -0.25) is 14.3 Å². The number of nitrogens with two attached hydrogens (primary N) is 1. The number of hydrogen-bond donors (Lipinski definition) is 2. The molecule has 1 aliphatic heterocycles. The van der Waals surface area contributed by atoms with Crippen molar-refractivity contribution in [1.82, 2.24) is 19.6 Å². The quantitative estimate of drug-likeness (QED) is 0.427. The second-order valence-corrected chi connectivity index (χ2v) is 9.42. The van der Waals surface area contributed by atoms with Gasteiger partial charge in [0.2, 0.25) is 0 Å². The molecular formula is C26H27F2N7O2. The minimum absolute atomic E-state index is 0.00594. The maximum absolute atomic E-state index is 14.3. The lowest BCUT2D eigenvalue weighted by atomic mass is 10.0. The van der Waals surface area contributed by atoms with Crippen molar-refractivity contribution in [3.8, 4) is 5.69 Å². The highest BCUT2D eigenvalue weighted by atomic mass is 19.1. The molecule has 11 heteroatoms. The van der Waals surface area contributed by atoms with E-state index in [0.717, 1.165) is 54.2 Å². The van der Waals surface area contributed by atoms with Gasteiger partial charge in [-0.1, -0.05) is 6.07 Å². The van der Waals surface area contributed by atoms with Crippen molar-refractivity contribution in [2.24, 2.45) is 5.73 Å². The van der Waals surface area contributed by atoms with Gasteiger partial charge in [0, 0.05) is 36.6 Å². The summed E-state index contributed by atoms with van der Waals surface area (Å²) in [5.41, 5.74) is 6.90. The van der Waals surface area contributed by atoms with E-state index >= 15 is 0 Å². The number of nitrogens with zero attached hydrogens (tertiary/aromatic N) is 5. The van der Waals surface area contributed by atoms with E-state index in [9.17, 15) is 18.4 Å². The lowest BCUT2D eigenvalue weighted by Crippen LogP contribution is -2.43. The van der Waals surface area contributed by atoms with Gasteiger partial charge in [0.25, 0.3) is 11.5 Å². The summed E-state index contributed by atoms with van der Waals surface area (Å²) in [4.78, 5) is 27.8. The number of amides is 1. The van der Waals surface area contributed by atoms with E-state index in [4.69, 9.17) is 5.73 Å². The fraction of sp³-hybridized carbons (Fsp3) is 0.308. The van der Waals surface area contributed by atoms with Gasteiger partial charge in [-0.15, -0.1) is 0 Å². The van der Waals surface area contributed by atoms with Crippen LogP contribution in [0.25, 0.3) is 16.6 Å². The smallest absolute Gasteiger partial charge is 0.276 e. The van der Waals surface area contributed by atoms with E-state index in [2.05, 4.69) is 20.4 Å². The van der Waals surface area contributed by atoms with Gasteiger partial charge < -0.3 is 16.0 Å². The third-order valence-corrected chi connectivity index (χ3v) is 6.45. The molecule has 3 heterocycles. The molecule has 1 aliphatic rings. The van der Waals surface area contributed by atoms with Gasteiger partial charge in [-0.2, -0.15) is 14.9 Å². The van der Waals surface area contributed by atoms with Crippen LogP contribution in [-0.2, 0) is 0 Å². The zero-order valence-corrected chi connectivity index (χ0v) is 20.5. The Labute approximate surface area is 211 Å². The largest absolute Gasteiger partial charge is 0.368 e. The number of carbonyl (C=O) groups excluding carboxylic acids is 1. The van der Waals surface area contributed by atoms with Crippen molar-refractivity contribution in [3.05, 3.63) is 76.3 Å². The zero-order valence-electron chi connectivity index (χ0n) is 20.5. The van der Waals surface area contributed by atoms with Crippen LogP contribution in [0.3, 0.4) is 0 Å². The van der Waals surface area contributed by atoms with Crippen molar-refractivity contribution >= 4 is 28.2 Å². The summed E-state index contributed by atoms with van der Waals surface area (Å²) in [6, 6.07) is 9.29. The normalized spacial score (nSPS) is 15.9. The predicted molar refractivity (Wildman–Crippen MR) is 137 cm³/mol. The lowest BCUT2D eigenvalue weighted by Gasteiger charge is -2.34. The second-order valence-electron chi connectivity index (χ2n) is 9.42. The molecule has 0 spiro atoms. The highest BCUT2D eigenvalue weighted by Crippen LogP contribution is 2.37. The number of rotatable bonds is 5. The Bertz CT molecular complexity index is 1530. The van der Waals surface area contributed by atoms with Crippen LogP contribution in [-0.4, -0.2) is 44.6 Å². The molecule has 5 rings (SSSR count). The van der Waals surface area contributed by atoms with Gasteiger partial charge in [0.1, 0.15) is 11.4 Å². The summed E-state index contributed by atoms with van der Waals surface area (Å²) >= 11 is 0. The number of benzene rings is 2. The summed E-state index contributed by atoms with van der Waals surface area (Å²) in [6.45, 7) is 5.46. The second kappa shape index (κ2) is 9.74. The highest BCUT2D eigenvalue weighted by Gasteiger charge is 2.25. The fourth-order valence-corrected chi connectivity index (χ4v) is 4.74. The molecule has 1 fully saturated rings. The van der Waals surface area contributed by atoms with Crippen LogP contribution >= 0.6 is 0 Å². The van der Waals surface area contributed by atoms with Crippen LogP contribution in [0.2, 0.25) is 0 Å². The van der Waals surface area contributed by atoms with Crippen molar-refractivity contribution in [2.45, 2.75) is 38.8 Å². The number of piperidine rings is 1. The molecular weight excluding hydrogens is 480 g/mol. The Morgan fingerprint density at radius 3 is 2.57 bits per heavy atom. The van der Waals surface area contributed by atoms with Gasteiger partial charge in [-0.05, 0) is 57.0 Å². The first-order valence-electron chi connectivity index (χ1n) is 12.1. The lowest BCUT2D eigenvalue weighted by molar-refractivity contribution is 0.102. The molecule has 2 aromatic heterocycles. The van der Waals surface area contributed by atoms with E-state index in [1.807, 2.05) is 24.6 Å². The molecule has 1 atom stereocenters. The van der Waals surface area contributed by atoms with Crippen molar-refractivity contribution in [2.75, 3.05) is 23.3 Å². The highest BCUT2D eigenvalue weighted by molar-refractivity contribution is 6.08. The Morgan fingerprint density at radius 1 is 1.11 bits per heavy atom. The van der Waals surface area contributed by atoms with Crippen LogP contribution < -0.4 is 21.5 Å². The first kappa shape index (κ1) is 24.6. The predicted octanol–water partition coefficient (Wildman–Crippen LogP) is 3.62. The Morgan fingerprint density at radius 2 is 1.86 bits per heavy atom. The maximum atomic E-state index is 14.3. The standard InChI is InChI=1S/C26H27F2N7O2/c1-15(2)34-22-10-8-20(24(17(22)13-30-34)33-12-4-5-16(29)14-33)31-26(37)21-9-11-23(36)35(32-21)25-18(27)6-3-7-19(25)28/h3,6-11,13,15-16H,4-5,12,14,29H2,1-2H3,(H,31,37)/t16-/m1/s1. The molecule has 2 aromatic carbocycles. The third-order valence-electron chi connectivity index (χ3n) is 6.45. The number of fused-ring (bicyclic) bond motifs is 1. The molecule has 1 saturated heterocycles. The van der Waals surface area contributed by atoms with E-state index < -0.39 is 28.8 Å². The number of halogens is 2. The summed E-state index contributed by atoms with van der Waals surface area (Å²) in [7, 11) is 0. The zero-order chi connectivity index (χ0) is 26.3. The average molecular weight is 508 g/mol. The van der Waals surface area contributed by atoms with E-state index in [1.54, 1.807) is 12.3 Å². The number of nitrogens with one attached hydrogen (secondary N) is 1. The topological polar surface area (TPSA) is 111 Å². The van der Waals surface area contributed by atoms with Crippen molar-refractivity contribution in [1.29, 1.82) is 0 Å². The summed E-state index contributed by atoms with van der Waals surface area (Å²) in [6.07, 6.45) is 3.60. The van der Waals surface area contributed by atoms with Crippen LogP contribution in [0.5, 0.6) is 0 Å². The maximum Gasteiger partial charge on any atom is 0.276 e. The van der Waals surface area contributed by atoms with Gasteiger partial charge >= 0.3 is 0 Å². The van der Waals surface area contributed by atoms with Crippen LogP contribution in [0.15, 0.2) is 53.5 Å². The molecule has 37 heavy (non-hydrogen) atoms. The van der Waals surface area contributed by atoms with Gasteiger partial charge in [-0.25, -0.2) is 8.78 Å². The van der Waals surface area contributed by atoms with E-state index in [1.165, 1.54) is 12.1 Å². The van der Waals surface area contributed by atoms with Gasteiger partial charge in [0.05, 0.1) is 23.1 Å². The molecule has 0 radical (unpaired) electrons. The van der Waals surface area contributed by atoms with Crippen molar-refractivity contribution in [3.63, 3.8) is 0 Å². The molecule has 0 bridgehead atoms. The Hall–Kier alpha value is -4.12. The molecule has 4 aromatic rings. The minimum atomic E-state index is -0.969. The molecule has 0 saturated carbocycles. The molecule has 0 aliphatic carbocycles. The first-order valence-corrected chi connectivity index (χ1v) is 12.1. The third kappa shape index (κ3) is 4.57. The molecule has 3 N–H and O–H groups in total. The van der Waals surface area contributed by atoms with Crippen LogP contribution in [0.4, 0.5) is 20.2 Å². The Kier molecular flexibility index (Phi) is 6.46. The van der Waals surface area contributed by atoms with Crippen molar-refractivity contribution < 1.29 is 13.6 Å². The molecule has 9 nitrogen and oxygen atoms in total. The van der Waals surface area contributed by atoms with Gasteiger partial charge in [0.15, 0.2) is 11.6 Å². The number of aromatic nitrogens is 4. The van der Waals surface area contributed by atoms with E-state index in [0.29, 0.717) is 16.9 Å². The molecule has 192 valence electrons. The summed E-state index contributed by atoms with van der Waals surface area (Å²) in [5, 5.41) is 12.3. The Balaban J connectivity index is 1.56. The number of carbonyl (C=O) groups is 1. The fourth-order valence-electron chi connectivity index (χ4n) is 4.74. The number of anilines is 2. The van der Waals surface area contributed by atoms with Crippen LogP contribution in [0.1, 0.15) is 43.2 Å². The van der Waals surface area contributed by atoms with E-state index in [-0.39, 0.29) is 17.8 Å². The number of hydrogen-bond acceptors (Lipinski definition) is 6. The summed E-state index contributed by atoms with van der Waals surface area (Å²) in [5.74, 6) is -2.57. The van der Waals surface area contributed by atoms with Crippen LogP contribution in [0, 0.1) is 11.6 Å². The molecule has 1 amide bonds. The number of para-hydroxylation sites is 1. The first-order chi connectivity index (χ1) is 17.7. The summed E-state index contributed by atoms with van der Waals surface area (Å²) < 4.78 is 31.1.